The number of para-hydroxylation sites is 2. The van der Waals surface area contributed by atoms with Crippen molar-refractivity contribution in [3.8, 4) is 0 Å². The Kier molecular flexibility index (Phi) is 12.2. The molecule has 0 saturated carbocycles. The zero-order valence-corrected chi connectivity index (χ0v) is 27.9. The highest BCUT2D eigenvalue weighted by Gasteiger charge is 2.25. The summed E-state index contributed by atoms with van der Waals surface area (Å²) >= 11 is 5.24. The minimum absolute atomic E-state index is 0.419. The number of nitro groups is 1. The predicted octanol–water partition coefficient (Wildman–Crippen LogP) is 4.76. The van der Waals surface area contributed by atoms with Crippen molar-refractivity contribution >= 4 is 56.6 Å². The van der Waals surface area contributed by atoms with Gasteiger partial charge in [0.05, 0.1) is 27.6 Å². The number of piperazine rings is 1. The SMILES string of the molecule is CN/C(=C/[N+](=O)[O-])NCCSCc1csc(CN(C)C)n1.Cc1cc2c(s1)Nc1ccccc1N=C2N1CCN(C)CC1. The molecular weight excluding hydrogens is 603 g/mol. The molecule has 11 nitrogen and oxygen atoms in total. The van der Waals surface area contributed by atoms with Crippen LogP contribution in [-0.4, -0.2) is 97.1 Å². The van der Waals surface area contributed by atoms with Gasteiger partial charge < -0.3 is 30.7 Å². The van der Waals surface area contributed by atoms with Crippen LogP contribution in [0.5, 0.6) is 0 Å². The van der Waals surface area contributed by atoms with E-state index in [0.717, 1.165) is 78.3 Å². The number of thiophene rings is 1. The third kappa shape index (κ3) is 9.93. The van der Waals surface area contributed by atoms with E-state index in [-0.39, 0.29) is 0 Å². The van der Waals surface area contributed by atoms with Crippen molar-refractivity contribution in [2.75, 3.05) is 72.0 Å². The lowest BCUT2D eigenvalue weighted by Crippen LogP contribution is -2.47. The summed E-state index contributed by atoms with van der Waals surface area (Å²) in [5.74, 6) is 3.25. The lowest BCUT2D eigenvalue weighted by atomic mass is 10.2. The molecule has 43 heavy (non-hydrogen) atoms. The zero-order chi connectivity index (χ0) is 30.8. The van der Waals surface area contributed by atoms with Gasteiger partial charge in [-0.2, -0.15) is 11.8 Å². The van der Waals surface area contributed by atoms with Gasteiger partial charge in [0.1, 0.15) is 15.8 Å². The first-order valence-corrected chi connectivity index (χ1v) is 17.0. The molecule has 0 unspecified atom stereocenters. The van der Waals surface area contributed by atoms with Crippen LogP contribution >= 0.6 is 34.4 Å². The molecule has 0 atom stereocenters. The van der Waals surface area contributed by atoms with Gasteiger partial charge in [0.25, 0.3) is 6.20 Å². The first-order chi connectivity index (χ1) is 20.7. The number of aliphatic imine (C=N–C) groups is 1. The molecule has 5 rings (SSSR count). The van der Waals surface area contributed by atoms with Gasteiger partial charge >= 0.3 is 0 Å². The number of aromatic nitrogens is 1. The topological polar surface area (TPSA) is 114 Å². The molecule has 1 saturated heterocycles. The summed E-state index contributed by atoms with van der Waals surface area (Å²) in [6, 6.07) is 10.6. The molecule has 232 valence electrons. The first kappa shape index (κ1) is 32.7. The molecule has 0 aliphatic carbocycles. The van der Waals surface area contributed by atoms with Crippen LogP contribution in [-0.2, 0) is 12.3 Å². The number of hydrogen-bond donors (Lipinski definition) is 3. The Labute approximate surface area is 266 Å². The maximum atomic E-state index is 10.4. The van der Waals surface area contributed by atoms with E-state index in [4.69, 9.17) is 4.99 Å². The number of nitrogens with one attached hydrogen (secondary N) is 3. The number of amidine groups is 1. The second kappa shape index (κ2) is 16.1. The Bertz CT molecular complexity index is 1410. The van der Waals surface area contributed by atoms with Crippen molar-refractivity contribution in [2.45, 2.75) is 19.2 Å². The fourth-order valence-electron chi connectivity index (χ4n) is 4.50. The van der Waals surface area contributed by atoms with Crippen LogP contribution < -0.4 is 16.0 Å². The van der Waals surface area contributed by atoms with E-state index in [1.807, 2.05) is 14.1 Å². The van der Waals surface area contributed by atoms with E-state index in [1.165, 1.54) is 15.4 Å². The average Bonchev–Trinajstić information content (AvgIpc) is 3.53. The monoisotopic (exact) mass is 643 g/mol. The summed E-state index contributed by atoms with van der Waals surface area (Å²) in [5, 5.41) is 24.1. The third-order valence-corrected chi connectivity index (χ3v) is 9.49. The minimum atomic E-state index is -0.479. The van der Waals surface area contributed by atoms with Crippen LogP contribution in [0, 0.1) is 17.0 Å². The summed E-state index contributed by atoms with van der Waals surface area (Å²) in [6.45, 7) is 7.94. The quantitative estimate of drug-likeness (QED) is 0.162. The standard InChI is InChI=1S/C17H20N4S.C12H21N5O2S2/c1-12-11-13-16(21-9-7-20(2)8-10-21)18-14-5-3-4-6-15(14)19-17(13)22-12;1-13-11(6-17(18)19)14-4-5-20-8-10-9-21-12(15-10)7-16(2)3/h3-6,11,19H,7-10H2,1-2H3;6,9,13-14H,4-5,7-8H2,1-3H3/b;11-6-. The molecule has 2 aromatic heterocycles. The molecule has 4 heterocycles. The van der Waals surface area contributed by atoms with Crippen LogP contribution in [0.25, 0.3) is 0 Å². The number of rotatable bonds is 10. The maximum absolute atomic E-state index is 10.4. The molecule has 2 aliphatic heterocycles. The molecule has 0 bridgehead atoms. The number of likely N-dealkylation sites (N-methyl/N-ethyl adjacent to an activating group) is 1. The van der Waals surface area contributed by atoms with Crippen LogP contribution in [0.1, 0.15) is 21.1 Å². The normalized spacial score (nSPS) is 15.0. The largest absolute Gasteiger partial charge is 0.370 e. The lowest BCUT2D eigenvalue weighted by Gasteiger charge is -2.34. The smallest absolute Gasteiger partial charge is 0.274 e. The van der Waals surface area contributed by atoms with E-state index < -0.39 is 4.92 Å². The van der Waals surface area contributed by atoms with Gasteiger partial charge in [-0.25, -0.2) is 9.98 Å². The zero-order valence-electron chi connectivity index (χ0n) is 25.4. The highest BCUT2D eigenvalue weighted by molar-refractivity contribution is 7.98. The van der Waals surface area contributed by atoms with Crippen molar-refractivity contribution in [3.63, 3.8) is 0 Å². The van der Waals surface area contributed by atoms with E-state index in [0.29, 0.717) is 12.4 Å². The Morgan fingerprint density at radius 1 is 1.26 bits per heavy atom. The average molecular weight is 644 g/mol. The molecule has 1 aromatic carbocycles. The molecular formula is C29H41N9O2S3. The third-order valence-electron chi connectivity index (χ3n) is 6.64. The number of fused-ring (bicyclic) bond motifs is 2. The van der Waals surface area contributed by atoms with E-state index in [9.17, 15) is 10.1 Å². The highest BCUT2D eigenvalue weighted by Crippen LogP contribution is 2.39. The maximum Gasteiger partial charge on any atom is 0.274 e. The Morgan fingerprint density at radius 2 is 2.02 bits per heavy atom. The van der Waals surface area contributed by atoms with Gasteiger partial charge in [0.2, 0.25) is 0 Å². The number of hydrogen-bond acceptors (Lipinski definition) is 13. The van der Waals surface area contributed by atoms with Gasteiger partial charge in [-0.05, 0) is 46.3 Å². The minimum Gasteiger partial charge on any atom is -0.370 e. The molecule has 2 aliphatic rings. The van der Waals surface area contributed by atoms with Crippen molar-refractivity contribution in [1.29, 1.82) is 0 Å². The fraction of sp³-hybridized carbons (Fsp3) is 0.448. The molecule has 14 heteroatoms. The number of nitrogens with zero attached hydrogens (tertiary/aromatic N) is 6. The molecule has 0 radical (unpaired) electrons. The van der Waals surface area contributed by atoms with E-state index in [2.05, 4.69) is 85.3 Å². The molecule has 0 spiro atoms. The second-order valence-corrected chi connectivity index (χ2v) is 13.8. The van der Waals surface area contributed by atoms with Gasteiger partial charge in [-0.3, -0.25) is 10.1 Å². The second-order valence-electron chi connectivity index (χ2n) is 10.5. The summed E-state index contributed by atoms with van der Waals surface area (Å²) in [5.41, 5.74) is 4.45. The van der Waals surface area contributed by atoms with Gasteiger partial charge in [-0.15, -0.1) is 22.7 Å². The Balaban J connectivity index is 0.000000197. The Hall–Kier alpha value is -3.17. The van der Waals surface area contributed by atoms with Crippen molar-refractivity contribution in [3.05, 3.63) is 79.0 Å². The summed E-state index contributed by atoms with van der Waals surface area (Å²) < 4.78 is 0. The summed E-state index contributed by atoms with van der Waals surface area (Å²) in [6.07, 6.45) is 0.929. The number of aryl methyl sites for hydroxylation is 1. The van der Waals surface area contributed by atoms with Gasteiger partial charge in [0, 0.05) is 68.1 Å². The Morgan fingerprint density at radius 3 is 2.74 bits per heavy atom. The molecule has 3 aromatic rings. The predicted molar refractivity (Wildman–Crippen MR) is 182 cm³/mol. The van der Waals surface area contributed by atoms with Crippen LogP contribution in [0.3, 0.4) is 0 Å². The molecule has 1 fully saturated rings. The first-order valence-electron chi connectivity index (χ1n) is 14.1. The van der Waals surface area contributed by atoms with Crippen LogP contribution in [0.2, 0.25) is 0 Å². The molecule has 0 amide bonds. The summed E-state index contributed by atoms with van der Waals surface area (Å²) in [7, 11) is 7.89. The van der Waals surface area contributed by atoms with E-state index >= 15 is 0 Å². The lowest BCUT2D eigenvalue weighted by molar-refractivity contribution is -0.404. The number of anilines is 2. The fourth-order valence-corrected chi connectivity index (χ4v) is 7.19. The summed E-state index contributed by atoms with van der Waals surface area (Å²) in [4.78, 5) is 27.7. The van der Waals surface area contributed by atoms with Crippen LogP contribution in [0.4, 0.5) is 16.4 Å². The van der Waals surface area contributed by atoms with Gasteiger partial charge in [0.15, 0.2) is 5.82 Å². The van der Waals surface area contributed by atoms with Crippen molar-refractivity contribution in [2.24, 2.45) is 4.99 Å². The number of thioether (sulfide) groups is 1. The van der Waals surface area contributed by atoms with Crippen molar-refractivity contribution < 1.29 is 4.92 Å². The number of thiazole rings is 1. The number of benzene rings is 1. The van der Waals surface area contributed by atoms with E-state index in [1.54, 1.807) is 41.5 Å². The molecule has 3 N–H and O–H groups in total. The van der Waals surface area contributed by atoms with Crippen LogP contribution in [0.15, 0.2) is 52.7 Å². The highest BCUT2D eigenvalue weighted by atomic mass is 32.2. The van der Waals surface area contributed by atoms with Gasteiger partial charge in [-0.1, -0.05) is 12.1 Å². The van der Waals surface area contributed by atoms with Crippen molar-refractivity contribution in [1.82, 2.24) is 30.3 Å².